The van der Waals surface area contributed by atoms with Crippen LogP contribution in [-0.2, 0) is 6.42 Å². The summed E-state index contributed by atoms with van der Waals surface area (Å²) in [5.41, 5.74) is 1.89. The minimum atomic E-state index is 0.413. The van der Waals surface area contributed by atoms with Crippen molar-refractivity contribution in [3.8, 4) is 17.9 Å². The predicted octanol–water partition coefficient (Wildman–Crippen LogP) is 6.93. The zero-order valence-corrected chi connectivity index (χ0v) is 17.8. The van der Waals surface area contributed by atoms with Crippen LogP contribution >= 0.6 is 0 Å². The van der Waals surface area contributed by atoms with Crippen molar-refractivity contribution < 1.29 is 4.74 Å². The largest absolute Gasteiger partial charge is 0.492 e. The zero-order valence-electron chi connectivity index (χ0n) is 17.8. The first-order valence-electron chi connectivity index (χ1n) is 11.3. The molecule has 0 amide bonds. The topological polar surface area (TPSA) is 56.8 Å². The molecule has 0 unspecified atom stereocenters. The molecule has 1 aliphatic carbocycles. The fraction of sp³-hybridized carbons (Fsp3) is 0.680. The summed E-state index contributed by atoms with van der Waals surface area (Å²) >= 11 is 0. The average Bonchev–Trinajstić information content (AvgIpc) is 2.72. The Balaban J connectivity index is 1.84. The van der Waals surface area contributed by atoms with Gasteiger partial charge in [0.25, 0.3) is 0 Å². The highest BCUT2D eigenvalue weighted by atomic mass is 16.5. The molecule has 0 radical (unpaired) electrons. The van der Waals surface area contributed by atoms with E-state index in [-0.39, 0.29) is 0 Å². The molecule has 1 fully saturated rings. The van der Waals surface area contributed by atoms with Crippen LogP contribution in [0.2, 0.25) is 0 Å². The monoisotopic (exact) mass is 380 g/mol. The summed E-state index contributed by atoms with van der Waals surface area (Å²) in [7, 11) is 0. The maximum Gasteiger partial charge on any atom is 0.138 e. The van der Waals surface area contributed by atoms with E-state index in [4.69, 9.17) is 4.74 Å². The molecule has 1 aliphatic rings. The van der Waals surface area contributed by atoms with Crippen LogP contribution in [0.1, 0.15) is 101 Å². The lowest BCUT2D eigenvalue weighted by Crippen LogP contribution is -2.15. The van der Waals surface area contributed by atoms with E-state index in [2.05, 4.69) is 26.0 Å². The second kappa shape index (κ2) is 12.5. The van der Waals surface area contributed by atoms with Gasteiger partial charge in [0.15, 0.2) is 0 Å². The van der Waals surface area contributed by atoms with Gasteiger partial charge in [0.2, 0.25) is 0 Å². The third-order valence-corrected chi connectivity index (χ3v) is 6.20. The Morgan fingerprint density at radius 3 is 2.14 bits per heavy atom. The third-order valence-electron chi connectivity index (χ3n) is 6.20. The van der Waals surface area contributed by atoms with Crippen molar-refractivity contribution >= 4 is 0 Å². The lowest BCUT2D eigenvalue weighted by atomic mass is 9.78. The molecule has 0 spiro atoms. The summed E-state index contributed by atoms with van der Waals surface area (Å²) in [5, 5.41) is 19.1. The molecule has 0 N–H and O–H groups in total. The molecule has 0 aromatic heterocycles. The SMILES string of the molecule is CCCCCc1ccc(OCCC[C@H]2CC[C@H](CCC)CC2)c(C#N)c1C#N. The van der Waals surface area contributed by atoms with Gasteiger partial charge in [-0.1, -0.05) is 71.3 Å². The van der Waals surface area contributed by atoms with Gasteiger partial charge in [-0.2, -0.15) is 10.5 Å². The Morgan fingerprint density at radius 1 is 0.857 bits per heavy atom. The lowest BCUT2D eigenvalue weighted by Gasteiger charge is -2.28. The molecule has 3 nitrogen and oxygen atoms in total. The van der Waals surface area contributed by atoms with Gasteiger partial charge in [-0.05, 0) is 49.1 Å². The molecule has 0 aliphatic heterocycles. The van der Waals surface area contributed by atoms with Crippen LogP contribution in [0.3, 0.4) is 0 Å². The maximum atomic E-state index is 9.57. The van der Waals surface area contributed by atoms with Gasteiger partial charge in [0, 0.05) is 0 Å². The summed E-state index contributed by atoms with van der Waals surface area (Å²) in [6.45, 7) is 5.08. The van der Waals surface area contributed by atoms with E-state index in [1.807, 2.05) is 12.1 Å². The minimum absolute atomic E-state index is 0.413. The highest BCUT2D eigenvalue weighted by molar-refractivity contribution is 5.57. The van der Waals surface area contributed by atoms with E-state index in [1.54, 1.807) is 0 Å². The average molecular weight is 381 g/mol. The van der Waals surface area contributed by atoms with Gasteiger partial charge < -0.3 is 4.74 Å². The first-order chi connectivity index (χ1) is 13.7. The Morgan fingerprint density at radius 2 is 1.54 bits per heavy atom. The first-order valence-corrected chi connectivity index (χ1v) is 11.3. The van der Waals surface area contributed by atoms with Gasteiger partial charge in [-0.25, -0.2) is 0 Å². The fourth-order valence-corrected chi connectivity index (χ4v) is 4.53. The van der Waals surface area contributed by atoms with E-state index in [1.165, 1.54) is 44.9 Å². The fourth-order valence-electron chi connectivity index (χ4n) is 4.53. The van der Waals surface area contributed by atoms with Gasteiger partial charge >= 0.3 is 0 Å². The second-order valence-corrected chi connectivity index (χ2v) is 8.32. The van der Waals surface area contributed by atoms with Gasteiger partial charge in [0.1, 0.15) is 23.5 Å². The summed E-state index contributed by atoms with van der Waals surface area (Å²) in [5.74, 6) is 2.36. The van der Waals surface area contributed by atoms with Crippen LogP contribution in [0.15, 0.2) is 12.1 Å². The smallest absolute Gasteiger partial charge is 0.138 e. The number of hydrogen-bond acceptors (Lipinski definition) is 3. The molecule has 1 saturated carbocycles. The van der Waals surface area contributed by atoms with E-state index in [9.17, 15) is 10.5 Å². The molecule has 1 aromatic carbocycles. The molecule has 0 bridgehead atoms. The molecule has 28 heavy (non-hydrogen) atoms. The van der Waals surface area contributed by atoms with Crippen molar-refractivity contribution in [1.29, 1.82) is 10.5 Å². The lowest BCUT2D eigenvalue weighted by molar-refractivity contribution is 0.230. The molecule has 0 atom stereocenters. The zero-order chi connectivity index (χ0) is 20.2. The van der Waals surface area contributed by atoms with Crippen molar-refractivity contribution in [2.75, 3.05) is 6.61 Å². The van der Waals surface area contributed by atoms with Crippen molar-refractivity contribution in [2.24, 2.45) is 11.8 Å². The molecular formula is C25H36N2O. The molecule has 152 valence electrons. The number of nitriles is 2. The molecule has 3 heteroatoms. The van der Waals surface area contributed by atoms with Gasteiger partial charge in [-0.3, -0.25) is 0 Å². The van der Waals surface area contributed by atoms with Crippen molar-refractivity contribution in [3.63, 3.8) is 0 Å². The third kappa shape index (κ3) is 6.56. The highest BCUT2D eigenvalue weighted by Gasteiger charge is 2.20. The first kappa shape index (κ1) is 22.3. The Labute approximate surface area is 171 Å². The van der Waals surface area contributed by atoms with E-state index in [0.717, 1.165) is 49.5 Å². The number of rotatable bonds is 11. The number of benzene rings is 1. The molecular weight excluding hydrogens is 344 g/mol. The molecule has 0 heterocycles. The van der Waals surface area contributed by atoms with Gasteiger partial charge in [-0.15, -0.1) is 0 Å². The molecule has 1 aromatic rings. The van der Waals surface area contributed by atoms with Crippen molar-refractivity contribution in [3.05, 3.63) is 28.8 Å². The summed E-state index contributed by atoms with van der Waals surface area (Å²) in [6, 6.07) is 8.30. The Hall–Kier alpha value is -2.00. The maximum absolute atomic E-state index is 9.57. The Kier molecular flexibility index (Phi) is 9.92. The van der Waals surface area contributed by atoms with Crippen LogP contribution in [-0.4, -0.2) is 6.61 Å². The van der Waals surface area contributed by atoms with E-state index >= 15 is 0 Å². The normalized spacial score (nSPS) is 19.0. The number of unbranched alkanes of at least 4 members (excludes halogenated alkanes) is 2. The standard InChI is InChI=1S/C25H36N2O/c1-3-5-6-10-22-15-16-25(24(19-27)23(22)18-26)28-17-7-9-21-13-11-20(8-4-2)12-14-21/h15-16,20-21H,3-14,17H2,1-2H3/t20-,21-. The second-order valence-electron chi connectivity index (χ2n) is 8.32. The van der Waals surface area contributed by atoms with Crippen molar-refractivity contribution in [2.45, 2.75) is 90.9 Å². The van der Waals surface area contributed by atoms with Crippen LogP contribution in [0, 0.1) is 34.5 Å². The molecule has 2 rings (SSSR count). The van der Waals surface area contributed by atoms with Crippen LogP contribution in [0.4, 0.5) is 0 Å². The Bertz CT molecular complexity index is 675. The number of nitrogens with zero attached hydrogens (tertiary/aromatic N) is 2. The van der Waals surface area contributed by atoms with Crippen LogP contribution in [0.25, 0.3) is 0 Å². The highest BCUT2D eigenvalue weighted by Crippen LogP contribution is 2.34. The minimum Gasteiger partial charge on any atom is -0.492 e. The van der Waals surface area contributed by atoms with E-state index < -0.39 is 0 Å². The van der Waals surface area contributed by atoms with Crippen LogP contribution in [0.5, 0.6) is 5.75 Å². The number of hydrogen-bond donors (Lipinski definition) is 0. The predicted molar refractivity (Wildman–Crippen MR) is 114 cm³/mol. The number of aryl methyl sites for hydroxylation is 1. The molecule has 0 saturated heterocycles. The quantitative estimate of drug-likeness (QED) is 0.391. The van der Waals surface area contributed by atoms with Crippen LogP contribution < -0.4 is 4.74 Å². The summed E-state index contributed by atoms with van der Waals surface area (Å²) < 4.78 is 5.93. The summed E-state index contributed by atoms with van der Waals surface area (Å²) in [6.07, 6.45) is 14.6. The number of ether oxygens (including phenoxy) is 1. The van der Waals surface area contributed by atoms with E-state index in [0.29, 0.717) is 23.5 Å². The summed E-state index contributed by atoms with van der Waals surface area (Å²) in [4.78, 5) is 0. The van der Waals surface area contributed by atoms with Crippen molar-refractivity contribution in [1.82, 2.24) is 0 Å². The van der Waals surface area contributed by atoms with Gasteiger partial charge in [0.05, 0.1) is 12.2 Å².